The molecule has 1 heterocycles. The van der Waals surface area contributed by atoms with Crippen molar-refractivity contribution >= 4 is 17.4 Å². The van der Waals surface area contributed by atoms with Crippen LogP contribution in [-0.4, -0.2) is 22.4 Å². The second-order valence-electron chi connectivity index (χ2n) is 4.62. The number of anilines is 1. The predicted octanol–water partition coefficient (Wildman–Crippen LogP) is 3.67. The Balaban J connectivity index is 2.53. The maximum absolute atomic E-state index is 5.77. The monoisotopic (exact) mass is 255 g/mol. The number of halogens is 1. The molecular weight excluding hydrogens is 234 g/mol. The second kappa shape index (κ2) is 7.49. The van der Waals surface area contributed by atoms with E-state index in [2.05, 4.69) is 36.1 Å². The van der Waals surface area contributed by atoms with Crippen molar-refractivity contribution in [3.05, 3.63) is 18.1 Å². The molecule has 0 saturated carbocycles. The summed E-state index contributed by atoms with van der Waals surface area (Å²) in [6.07, 6.45) is 3.81. The fourth-order valence-corrected chi connectivity index (χ4v) is 1.95. The fraction of sp³-hybridized carbons (Fsp3) is 0.692. The minimum absolute atomic E-state index is 0.434. The van der Waals surface area contributed by atoms with E-state index in [9.17, 15) is 0 Å². The van der Waals surface area contributed by atoms with E-state index in [4.69, 9.17) is 11.6 Å². The zero-order valence-corrected chi connectivity index (χ0v) is 11.7. The van der Waals surface area contributed by atoms with Crippen LogP contribution in [0.25, 0.3) is 0 Å². The van der Waals surface area contributed by atoms with Crippen molar-refractivity contribution in [3.8, 4) is 0 Å². The zero-order valence-electron chi connectivity index (χ0n) is 10.9. The van der Waals surface area contributed by atoms with Gasteiger partial charge in [-0.2, -0.15) is 0 Å². The highest BCUT2D eigenvalue weighted by Crippen LogP contribution is 2.15. The number of hydrogen-bond donors (Lipinski definition) is 1. The Morgan fingerprint density at radius 2 is 2.12 bits per heavy atom. The maximum Gasteiger partial charge on any atom is 0.129 e. The van der Waals surface area contributed by atoms with E-state index in [1.165, 1.54) is 0 Å². The second-order valence-corrected chi connectivity index (χ2v) is 4.99. The van der Waals surface area contributed by atoms with Gasteiger partial charge in [0.2, 0.25) is 0 Å². The van der Waals surface area contributed by atoms with E-state index in [0.717, 1.165) is 36.8 Å². The van der Waals surface area contributed by atoms with E-state index in [0.29, 0.717) is 11.8 Å². The molecule has 0 aromatic carbocycles. The molecule has 0 aliphatic carbocycles. The van der Waals surface area contributed by atoms with Gasteiger partial charge in [0.1, 0.15) is 12.1 Å². The van der Waals surface area contributed by atoms with Crippen molar-refractivity contribution in [3.63, 3.8) is 0 Å². The molecule has 0 fully saturated rings. The van der Waals surface area contributed by atoms with Crippen molar-refractivity contribution in [2.75, 3.05) is 17.7 Å². The summed E-state index contributed by atoms with van der Waals surface area (Å²) in [7, 11) is 0. The summed E-state index contributed by atoms with van der Waals surface area (Å²) in [6, 6.07) is 2.03. The van der Waals surface area contributed by atoms with E-state index in [1.54, 1.807) is 6.33 Å². The molecule has 17 heavy (non-hydrogen) atoms. The molecule has 3 nitrogen and oxygen atoms in total. The third-order valence-electron chi connectivity index (χ3n) is 2.95. The summed E-state index contributed by atoms with van der Waals surface area (Å²) in [6.45, 7) is 7.39. The van der Waals surface area contributed by atoms with Crippen molar-refractivity contribution in [1.82, 2.24) is 9.97 Å². The lowest BCUT2D eigenvalue weighted by Gasteiger charge is -2.15. The molecule has 0 amide bonds. The van der Waals surface area contributed by atoms with Crippen LogP contribution in [0, 0.1) is 5.92 Å². The van der Waals surface area contributed by atoms with Crippen LogP contribution in [0.5, 0.6) is 0 Å². The Labute approximate surface area is 109 Å². The molecule has 96 valence electrons. The van der Waals surface area contributed by atoms with Gasteiger partial charge in [-0.05, 0) is 18.3 Å². The van der Waals surface area contributed by atoms with Gasteiger partial charge in [0.05, 0.1) is 0 Å². The van der Waals surface area contributed by atoms with Gasteiger partial charge >= 0.3 is 0 Å². The van der Waals surface area contributed by atoms with Crippen molar-refractivity contribution in [1.29, 1.82) is 0 Å². The molecule has 0 bridgehead atoms. The number of nitrogens with one attached hydrogen (secondary N) is 1. The fourth-order valence-electron chi connectivity index (χ4n) is 1.64. The van der Waals surface area contributed by atoms with Gasteiger partial charge in [-0.3, -0.25) is 0 Å². The minimum atomic E-state index is 0.434. The molecule has 4 heteroatoms. The van der Waals surface area contributed by atoms with Gasteiger partial charge in [0.15, 0.2) is 0 Å². The number of aromatic nitrogens is 2. The Kier molecular flexibility index (Phi) is 6.27. The van der Waals surface area contributed by atoms with Crippen LogP contribution in [0.4, 0.5) is 5.82 Å². The highest BCUT2D eigenvalue weighted by molar-refractivity contribution is 6.17. The molecule has 1 aromatic rings. The van der Waals surface area contributed by atoms with Crippen LogP contribution in [-0.2, 0) is 0 Å². The number of alkyl halides is 1. The molecule has 0 aliphatic rings. The summed E-state index contributed by atoms with van der Waals surface area (Å²) < 4.78 is 0. The third kappa shape index (κ3) is 4.90. The topological polar surface area (TPSA) is 37.8 Å². The first-order chi connectivity index (χ1) is 8.17. The molecule has 1 atom stereocenters. The van der Waals surface area contributed by atoms with Crippen LogP contribution >= 0.6 is 11.6 Å². The normalized spacial score (nSPS) is 12.8. The Hall–Kier alpha value is -0.830. The van der Waals surface area contributed by atoms with Gasteiger partial charge in [0.25, 0.3) is 0 Å². The molecule has 1 unspecified atom stereocenters. The van der Waals surface area contributed by atoms with Crippen LogP contribution in [0.3, 0.4) is 0 Å². The Morgan fingerprint density at radius 1 is 1.35 bits per heavy atom. The molecular formula is C13H22ClN3. The molecule has 0 saturated heterocycles. The lowest BCUT2D eigenvalue weighted by atomic mass is 10.0. The van der Waals surface area contributed by atoms with E-state index in [-0.39, 0.29) is 0 Å². The standard InChI is InChI=1S/C13H22ClN3/c1-4-11(5-6-14)8-15-13-7-12(10(2)3)16-9-17-13/h7,9-11H,4-6,8H2,1-3H3,(H,15,16,17). The SMILES string of the molecule is CCC(CCCl)CNc1cc(C(C)C)ncn1. The van der Waals surface area contributed by atoms with Crippen LogP contribution in [0.1, 0.15) is 45.2 Å². The summed E-state index contributed by atoms with van der Waals surface area (Å²) >= 11 is 5.77. The number of nitrogens with zero attached hydrogens (tertiary/aromatic N) is 2. The van der Waals surface area contributed by atoms with Gasteiger partial charge in [-0.1, -0.05) is 27.2 Å². The van der Waals surface area contributed by atoms with Crippen LogP contribution in [0.2, 0.25) is 0 Å². The highest BCUT2D eigenvalue weighted by Gasteiger charge is 2.07. The average molecular weight is 256 g/mol. The summed E-state index contributed by atoms with van der Waals surface area (Å²) in [5.74, 6) is 2.69. The van der Waals surface area contributed by atoms with Gasteiger partial charge < -0.3 is 5.32 Å². The number of rotatable bonds is 7. The lowest BCUT2D eigenvalue weighted by Crippen LogP contribution is -2.15. The van der Waals surface area contributed by atoms with Gasteiger partial charge in [0, 0.05) is 24.2 Å². The van der Waals surface area contributed by atoms with E-state index >= 15 is 0 Å². The van der Waals surface area contributed by atoms with Crippen molar-refractivity contribution in [2.24, 2.45) is 5.92 Å². The molecule has 1 N–H and O–H groups in total. The third-order valence-corrected chi connectivity index (χ3v) is 3.16. The molecule has 0 aliphatic heterocycles. The minimum Gasteiger partial charge on any atom is -0.370 e. The van der Waals surface area contributed by atoms with E-state index < -0.39 is 0 Å². The summed E-state index contributed by atoms with van der Waals surface area (Å²) in [4.78, 5) is 8.48. The largest absolute Gasteiger partial charge is 0.370 e. The first-order valence-corrected chi connectivity index (χ1v) is 6.82. The van der Waals surface area contributed by atoms with E-state index in [1.807, 2.05) is 6.07 Å². The average Bonchev–Trinajstić information content (AvgIpc) is 2.34. The lowest BCUT2D eigenvalue weighted by molar-refractivity contribution is 0.521. The van der Waals surface area contributed by atoms with Crippen LogP contribution < -0.4 is 5.32 Å². The molecule has 0 spiro atoms. The first-order valence-electron chi connectivity index (χ1n) is 6.29. The van der Waals surface area contributed by atoms with Crippen molar-refractivity contribution in [2.45, 2.75) is 39.5 Å². The summed E-state index contributed by atoms with van der Waals surface area (Å²) in [5, 5.41) is 3.37. The number of hydrogen-bond acceptors (Lipinski definition) is 3. The van der Waals surface area contributed by atoms with Crippen molar-refractivity contribution < 1.29 is 0 Å². The molecule has 0 radical (unpaired) electrons. The van der Waals surface area contributed by atoms with Gasteiger partial charge in [-0.25, -0.2) is 9.97 Å². The maximum atomic E-state index is 5.77. The Morgan fingerprint density at radius 3 is 2.71 bits per heavy atom. The Bertz CT molecular complexity index is 328. The molecule has 1 rings (SSSR count). The first kappa shape index (κ1) is 14.2. The predicted molar refractivity (Wildman–Crippen MR) is 73.7 cm³/mol. The molecule has 1 aromatic heterocycles. The summed E-state index contributed by atoms with van der Waals surface area (Å²) in [5.41, 5.74) is 1.08. The highest BCUT2D eigenvalue weighted by atomic mass is 35.5. The quantitative estimate of drug-likeness (QED) is 0.756. The van der Waals surface area contributed by atoms with Crippen LogP contribution in [0.15, 0.2) is 12.4 Å². The smallest absolute Gasteiger partial charge is 0.129 e. The van der Waals surface area contributed by atoms with Gasteiger partial charge in [-0.15, -0.1) is 11.6 Å². The zero-order chi connectivity index (χ0) is 12.7.